The number of fused-ring (bicyclic) bond motifs is 1. The Bertz CT molecular complexity index is 1210. The molecule has 0 aromatic heterocycles. The van der Waals surface area contributed by atoms with E-state index >= 15 is 0 Å². The molecule has 0 aliphatic heterocycles. The Morgan fingerprint density at radius 1 is 0.909 bits per heavy atom. The second kappa shape index (κ2) is 10.2. The van der Waals surface area contributed by atoms with E-state index in [1.807, 2.05) is 25.1 Å². The Hall–Kier alpha value is -3.78. The predicted octanol–water partition coefficient (Wildman–Crippen LogP) is 7.37. The van der Waals surface area contributed by atoms with E-state index in [2.05, 4.69) is 100 Å². The lowest BCUT2D eigenvalue weighted by Gasteiger charge is -2.23. The molecule has 3 aromatic carbocycles. The maximum absolute atomic E-state index is 5.93. The minimum atomic E-state index is -0.0726. The molecule has 0 radical (unpaired) electrons. The van der Waals surface area contributed by atoms with Gasteiger partial charge in [-0.3, -0.25) is 0 Å². The van der Waals surface area contributed by atoms with Crippen molar-refractivity contribution in [2.45, 2.75) is 33.1 Å². The quantitative estimate of drug-likeness (QED) is 0.450. The SMILES string of the molecule is C=CC1=C(/C=C\C)c2ccc(/C(N)=C/N)cc2C1(C)C.Cc1ccc(-c2ccccc2)cc1. The van der Waals surface area contributed by atoms with Crippen molar-refractivity contribution < 1.29 is 0 Å². The van der Waals surface area contributed by atoms with Gasteiger partial charge in [0.05, 0.1) is 5.70 Å². The molecular formula is C31H34N2. The molecule has 1 aliphatic carbocycles. The van der Waals surface area contributed by atoms with Crippen LogP contribution in [0.2, 0.25) is 0 Å². The highest BCUT2D eigenvalue weighted by Crippen LogP contribution is 2.47. The van der Waals surface area contributed by atoms with E-state index < -0.39 is 0 Å². The first kappa shape index (κ1) is 23.9. The monoisotopic (exact) mass is 434 g/mol. The molecule has 4 rings (SSSR count). The summed E-state index contributed by atoms with van der Waals surface area (Å²) in [6, 6.07) is 25.3. The van der Waals surface area contributed by atoms with Gasteiger partial charge in [-0.1, -0.05) is 111 Å². The molecule has 3 aromatic rings. The van der Waals surface area contributed by atoms with Gasteiger partial charge >= 0.3 is 0 Å². The fourth-order valence-corrected chi connectivity index (χ4v) is 4.29. The van der Waals surface area contributed by atoms with Crippen LogP contribution in [-0.4, -0.2) is 0 Å². The van der Waals surface area contributed by atoms with E-state index in [4.69, 9.17) is 11.5 Å². The predicted molar refractivity (Wildman–Crippen MR) is 144 cm³/mol. The molecule has 168 valence electrons. The molecule has 2 nitrogen and oxygen atoms in total. The van der Waals surface area contributed by atoms with Gasteiger partial charge < -0.3 is 11.5 Å². The molecule has 0 spiro atoms. The highest BCUT2D eigenvalue weighted by Gasteiger charge is 2.35. The summed E-state index contributed by atoms with van der Waals surface area (Å²) in [5, 5.41) is 0. The Labute approximate surface area is 198 Å². The van der Waals surface area contributed by atoms with Gasteiger partial charge in [0, 0.05) is 11.6 Å². The molecule has 0 bridgehead atoms. The van der Waals surface area contributed by atoms with Crippen molar-refractivity contribution in [1.82, 2.24) is 0 Å². The maximum atomic E-state index is 5.93. The van der Waals surface area contributed by atoms with E-state index in [0.717, 1.165) is 5.56 Å². The zero-order valence-corrected chi connectivity index (χ0v) is 20.1. The topological polar surface area (TPSA) is 52.0 Å². The molecular weight excluding hydrogens is 400 g/mol. The molecule has 0 atom stereocenters. The van der Waals surface area contributed by atoms with Gasteiger partial charge in [-0.15, -0.1) is 0 Å². The zero-order valence-electron chi connectivity index (χ0n) is 20.1. The Morgan fingerprint density at radius 3 is 2.12 bits per heavy atom. The molecule has 0 saturated carbocycles. The van der Waals surface area contributed by atoms with Gasteiger partial charge in [0.25, 0.3) is 0 Å². The van der Waals surface area contributed by atoms with Crippen LogP contribution in [0.1, 0.15) is 43.0 Å². The summed E-state index contributed by atoms with van der Waals surface area (Å²) in [5.41, 5.74) is 21.8. The van der Waals surface area contributed by atoms with Crippen LogP contribution in [0.15, 0.2) is 109 Å². The first-order chi connectivity index (χ1) is 15.8. The number of allylic oxidation sites excluding steroid dienone is 5. The Morgan fingerprint density at radius 2 is 1.55 bits per heavy atom. The third kappa shape index (κ3) is 5.01. The highest BCUT2D eigenvalue weighted by molar-refractivity contribution is 5.88. The molecule has 0 saturated heterocycles. The van der Waals surface area contributed by atoms with Crippen molar-refractivity contribution in [3.8, 4) is 11.1 Å². The molecule has 4 N–H and O–H groups in total. The number of aryl methyl sites for hydroxylation is 1. The number of nitrogens with two attached hydrogens (primary N) is 2. The third-order valence-corrected chi connectivity index (χ3v) is 6.16. The number of hydrogen-bond donors (Lipinski definition) is 2. The van der Waals surface area contributed by atoms with Crippen LogP contribution in [0.25, 0.3) is 22.4 Å². The lowest BCUT2D eigenvalue weighted by molar-refractivity contribution is 0.654. The first-order valence-electron chi connectivity index (χ1n) is 11.3. The van der Waals surface area contributed by atoms with Crippen molar-refractivity contribution in [3.63, 3.8) is 0 Å². The summed E-state index contributed by atoms with van der Waals surface area (Å²) in [6.45, 7) is 12.5. The van der Waals surface area contributed by atoms with Crippen molar-refractivity contribution in [2.24, 2.45) is 11.5 Å². The maximum Gasteiger partial charge on any atom is 0.0545 e. The highest BCUT2D eigenvalue weighted by atomic mass is 14.6. The zero-order chi connectivity index (χ0) is 24.0. The van der Waals surface area contributed by atoms with Crippen LogP contribution >= 0.6 is 0 Å². The summed E-state index contributed by atoms with van der Waals surface area (Å²) in [5.74, 6) is 0. The fraction of sp³-hybridized carbons (Fsp3) is 0.161. The van der Waals surface area contributed by atoms with E-state index in [-0.39, 0.29) is 5.41 Å². The molecule has 0 amide bonds. The van der Waals surface area contributed by atoms with Crippen molar-refractivity contribution in [2.75, 3.05) is 0 Å². The molecule has 0 heterocycles. The Kier molecular flexibility index (Phi) is 7.40. The lowest BCUT2D eigenvalue weighted by Crippen LogP contribution is -2.16. The van der Waals surface area contributed by atoms with Gasteiger partial charge in [0.2, 0.25) is 0 Å². The minimum Gasteiger partial charge on any atom is -0.403 e. The van der Waals surface area contributed by atoms with Gasteiger partial charge in [0.15, 0.2) is 0 Å². The molecule has 2 heteroatoms. The Balaban J connectivity index is 0.000000203. The van der Waals surface area contributed by atoms with E-state index in [1.54, 1.807) is 0 Å². The number of hydrogen-bond acceptors (Lipinski definition) is 2. The van der Waals surface area contributed by atoms with Gasteiger partial charge in [-0.05, 0) is 58.9 Å². The number of rotatable bonds is 4. The fourth-order valence-electron chi connectivity index (χ4n) is 4.29. The van der Waals surface area contributed by atoms with Crippen molar-refractivity contribution >= 4 is 11.3 Å². The van der Waals surface area contributed by atoms with E-state index in [9.17, 15) is 0 Å². The second-order valence-corrected chi connectivity index (χ2v) is 8.77. The normalized spacial score (nSPS) is 14.6. The van der Waals surface area contributed by atoms with Crippen LogP contribution in [0, 0.1) is 6.92 Å². The van der Waals surface area contributed by atoms with Gasteiger partial charge in [-0.2, -0.15) is 0 Å². The number of benzene rings is 3. The van der Waals surface area contributed by atoms with E-state index in [1.165, 1.54) is 45.2 Å². The average molecular weight is 435 g/mol. The standard InChI is InChI=1S/C18H22N2.C13H12/c1-5-7-13-14-9-8-12(17(20)11-19)10-16(14)18(3,4)15(13)6-2;1-11-7-9-13(10-8-11)12-5-3-2-4-6-12/h5-11H,2,19-20H2,1,3-4H3;2-10H,1H3/b7-5-,17-11-;. The summed E-state index contributed by atoms with van der Waals surface area (Å²) >= 11 is 0. The van der Waals surface area contributed by atoms with Gasteiger partial charge in [0.1, 0.15) is 0 Å². The molecule has 0 unspecified atom stereocenters. The average Bonchev–Trinajstić information content (AvgIpc) is 3.05. The molecule has 33 heavy (non-hydrogen) atoms. The smallest absolute Gasteiger partial charge is 0.0545 e. The summed E-state index contributed by atoms with van der Waals surface area (Å²) < 4.78 is 0. The first-order valence-corrected chi connectivity index (χ1v) is 11.3. The van der Waals surface area contributed by atoms with Crippen LogP contribution in [0.5, 0.6) is 0 Å². The third-order valence-electron chi connectivity index (χ3n) is 6.16. The van der Waals surface area contributed by atoms with Crippen molar-refractivity contribution in [3.05, 3.63) is 132 Å². The second-order valence-electron chi connectivity index (χ2n) is 8.77. The summed E-state index contributed by atoms with van der Waals surface area (Å²) in [4.78, 5) is 0. The van der Waals surface area contributed by atoms with Gasteiger partial charge in [-0.25, -0.2) is 0 Å². The lowest BCUT2D eigenvalue weighted by atomic mass is 9.80. The summed E-state index contributed by atoms with van der Waals surface area (Å²) in [6.07, 6.45) is 7.61. The van der Waals surface area contributed by atoms with Crippen molar-refractivity contribution in [1.29, 1.82) is 0 Å². The minimum absolute atomic E-state index is 0.0726. The van der Waals surface area contributed by atoms with E-state index in [0.29, 0.717) is 5.70 Å². The largest absolute Gasteiger partial charge is 0.403 e. The van der Waals surface area contributed by atoms with Crippen LogP contribution in [0.4, 0.5) is 0 Å². The summed E-state index contributed by atoms with van der Waals surface area (Å²) in [7, 11) is 0. The van der Waals surface area contributed by atoms with Crippen LogP contribution < -0.4 is 11.5 Å². The molecule has 1 aliphatic rings. The van der Waals surface area contributed by atoms with Crippen LogP contribution in [-0.2, 0) is 5.41 Å². The molecule has 0 fully saturated rings. The van der Waals surface area contributed by atoms with Crippen LogP contribution in [0.3, 0.4) is 0 Å².